The van der Waals surface area contributed by atoms with Crippen molar-refractivity contribution in [1.29, 1.82) is 0 Å². The fourth-order valence-electron chi connectivity index (χ4n) is 4.22. The van der Waals surface area contributed by atoms with Crippen molar-refractivity contribution in [3.63, 3.8) is 0 Å². The maximum Gasteiger partial charge on any atom is 0.231 e. The van der Waals surface area contributed by atoms with E-state index in [1.807, 2.05) is 41.6 Å². The van der Waals surface area contributed by atoms with E-state index < -0.39 is 0 Å². The number of carbonyl (C=O) groups excluding carboxylic acids is 1. The molecule has 144 valence electrons. The zero-order valence-electron chi connectivity index (χ0n) is 15.9. The van der Waals surface area contributed by atoms with Gasteiger partial charge in [0.1, 0.15) is 5.65 Å². The van der Waals surface area contributed by atoms with Gasteiger partial charge in [-0.15, -0.1) is 0 Å². The van der Waals surface area contributed by atoms with E-state index in [0.29, 0.717) is 6.42 Å². The smallest absolute Gasteiger partial charge is 0.231 e. The minimum Gasteiger partial charge on any atom is -0.454 e. The van der Waals surface area contributed by atoms with Gasteiger partial charge in [-0.2, -0.15) is 0 Å². The maximum absolute atomic E-state index is 13.0. The van der Waals surface area contributed by atoms with E-state index >= 15 is 0 Å². The fourth-order valence-corrected chi connectivity index (χ4v) is 4.22. The molecule has 6 heteroatoms. The number of fused-ring (bicyclic) bond motifs is 2. The molecule has 4 heterocycles. The zero-order valence-corrected chi connectivity index (χ0v) is 15.9. The normalized spacial score (nSPS) is 16.7. The van der Waals surface area contributed by atoms with Crippen LogP contribution in [0, 0.1) is 6.92 Å². The summed E-state index contributed by atoms with van der Waals surface area (Å²) < 4.78 is 13.1. The first-order valence-corrected chi connectivity index (χ1v) is 9.80. The van der Waals surface area contributed by atoms with Crippen molar-refractivity contribution in [2.24, 2.45) is 0 Å². The summed E-state index contributed by atoms with van der Waals surface area (Å²) in [5.41, 5.74) is 4.10. The number of imidazole rings is 1. The van der Waals surface area contributed by atoms with E-state index in [2.05, 4.69) is 22.4 Å². The molecular formula is C22H23N3O3. The van der Waals surface area contributed by atoms with E-state index in [0.717, 1.165) is 59.9 Å². The van der Waals surface area contributed by atoms with E-state index in [1.54, 1.807) is 0 Å². The predicted molar refractivity (Wildman–Crippen MR) is 105 cm³/mol. The molecule has 0 N–H and O–H groups in total. The number of pyridine rings is 1. The second-order valence-corrected chi connectivity index (χ2v) is 7.53. The summed E-state index contributed by atoms with van der Waals surface area (Å²) in [6, 6.07) is 10.0. The summed E-state index contributed by atoms with van der Waals surface area (Å²) in [4.78, 5) is 19.6. The Morgan fingerprint density at radius 1 is 1.18 bits per heavy atom. The quantitative estimate of drug-likeness (QED) is 0.698. The molecule has 5 rings (SSSR count). The number of aromatic nitrogens is 2. The van der Waals surface area contributed by atoms with Crippen LogP contribution in [0.1, 0.15) is 42.0 Å². The van der Waals surface area contributed by atoms with Crippen LogP contribution < -0.4 is 9.47 Å². The van der Waals surface area contributed by atoms with Crippen LogP contribution in [0.2, 0.25) is 0 Å². The number of aryl methyl sites for hydroxylation is 1. The molecule has 0 spiro atoms. The minimum absolute atomic E-state index is 0.0978. The van der Waals surface area contributed by atoms with E-state index in [9.17, 15) is 4.79 Å². The summed E-state index contributed by atoms with van der Waals surface area (Å²) in [5, 5.41) is 0. The molecule has 2 aliphatic rings. The molecule has 28 heavy (non-hydrogen) atoms. The number of carbonyl (C=O) groups is 1. The highest BCUT2D eigenvalue weighted by Crippen LogP contribution is 2.38. The Balaban J connectivity index is 1.57. The van der Waals surface area contributed by atoms with Crippen LogP contribution in [0.15, 0.2) is 42.7 Å². The molecule has 2 aromatic heterocycles. The molecule has 0 bridgehead atoms. The largest absolute Gasteiger partial charge is 0.454 e. The molecule has 1 amide bonds. The Bertz CT molecular complexity index is 1040. The number of hydrogen-bond donors (Lipinski definition) is 0. The van der Waals surface area contributed by atoms with Crippen LogP contribution in [0.4, 0.5) is 0 Å². The summed E-state index contributed by atoms with van der Waals surface area (Å²) in [6.45, 7) is 4.01. The molecule has 1 unspecified atom stereocenters. The Morgan fingerprint density at radius 3 is 2.86 bits per heavy atom. The van der Waals surface area contributed by atoms with Gasteiger partial charge in [-0.05, 0) is 49.1 Å². The van der Waals surface area contributed by atoms with Crippen LogP contribution in [0.25, 0.3) is 5.65 Å². The van der Waals surface area contributed by atoms with E-state index in [4.69, 9.17) is 9.47 Å². The van der Waals surface area contributed by atoms with Crippen LogP contribution in [0.5, 0.6) is 11.5 Å². The van der Waals surface area contributed by atoms with Gasteiger partial charge in [0, 0.05) is 37.8 Å². The van der Waals surface area contributed by atoms with Gasteiger partial charge in [0.05, 0.1) is 5.69 Å². The zero-order chi connectivity index (χ0) is 19.1. The van der Waals surface area contributed by atoms with Crippen molar-refractivity contribution in [2.45, 2.75) is 32.1 Å². The molecule has 3 aromatic rings. The van der Waals surface area contributed by atoms with Crippen molar-refractivity contribution >= 4 is 11.6 Å². The van der Waals surface area contributed by atoms with Crippen LogP contribution in [-0.2, 0) is 4.79 Å². The molecule has 0 radical (unpaired) electrons. The van der Waals surface area contributed by atoms with Crippen LogP contribution >= 0.6 is 0 Å². The molecule has 2 aliphatic heterocycles. The molecule has 1 fully saturated rings. The van der Waals surface area contributed by atoms with Gasteiger partial charge >= 0.3 is 0 Å². The summed E-state index contributed by atoms with van der Waals surface area (Å²) in [6.07, 6.45) is 6.52. The van der Waals surface area contributed by atoms with Gasteiger partial charge in [0.2, 0.25) is 12.7 Å². The topological polar surface area (TPSA) is 56.1 Å². The van der Waals surface area contributed by atoms with Crippen molar-refractivity contribution in [1.82, 2.24) is 14.3 Å². The lowest BCUT2D eigenvalue weighted by Gasteiger charge is -2.21. The molecule has 6 nitrogen and oxygen atoms in total. The van der Waals surface area contributed by atoms with Crippen LogP contribution in [-0.4, -0.2) is 40.1 Å². The van der Waals surface area contributed by atoms with E-state index in [-0.39, 0.29) is 18.6 Å². The number of rotatable bonds is 4. The first-order chi connectivity index (χ1) is 13.7. The lowest BCUT2D eigenvalue weighted by Crippen LogP contribution is -2.29. The Labute approximate surface area is 163 Å². The van der Waals surface area contributed by atoms with Crippen molar-refractivity contribution < 1.29 is 14.3 Å². The Hall–Kier alpha value is -3.02. The third-order valence-corrected chi connectivity index (χ3v) is 5.75. The SMILES string of the molecule is Cc1cccn2c(C(CC(=O)N3CCCC3)c3ccc4c(c3)OCO4)cnc12. The number of ether oxygens (including phenoxy) is 2. The van der Waals surface area contributed by atoms with Gasteiger partial charge in [0.15, 0.2) is 11.5 Å². The first-order valence-electron chi connectivity index (χ1n) is 9.80. The van der Waals surface area contributed by atoms with Crippen molar-refractivity contribution in [3.8, 4) is 11.5 Å². The van der Waals surface area contributed by atoms with Crippen molar-refractivity contribution in [3.05, 3.63) is 59.5 Å². The average Bonchev–Trinajstić information content (AvgIpc) is 3.46. The monoisotopic (exact) mass is 377 g/mol. The Kier molecular flexibility index (Phi) is 4.19. The van der Waals surface area contributed by atoms with Gasteiger partial charge in [0.25, 0.3) is 0 Å². The number of amides is 1. The molecule has 1 atom stereocenters. The summed E-state index contributed by atoms with van der Waals surface area (Å²) in [7, 11) is 0. The molecule has 1 saturated heterocycles. The highest BCUT2D eigenvalue weighted by atomic mass is 16.7. The summed E-state index contributed by atoms with van der Waals surface area (Å²) >= 11 is 0. The second-order valence-electron chi connectivity index (χ2n) is 7.53. The highest BCUT2D eigenvalue weighted by molar-refractivity contribution is 5.78. The van der Waals surface area contributed by atoms with Gasteiger partial charge in [-0.1, -0.05) is 12.1 Å². The second kappa shape index (κ2) is 6.86. The summed E-state index contributed by atoms with van der Waals surface area (Å²) in [5.74, 6) is 1.59. The van der Waals surface area contributed by atoms with Gasteiger partial charge in [-0.3, -0.25) is 4.79 Å². The fraction of sp³-hybridized carbons (Fsp3) is 0.364. The molecule has 0 aliphatic carbocycles. The standard InChI is InChI=1S/C22H23N3O3/c1-15-5-4-10-25-18(13-23-22(15)25)17(12-21(26)24-8-2-3-9-24)16-6-7-19-20(11-16)28-14-27-19/h4-7,10-11,13,17H,2-3,8-9,12,14H2,1H3. The van der Waals surface area contributed by atoms with Crippen LogP contribution in [0.3, 0.4) is 0 Å². The molecule has 1 aromatic carbocycles. The number of likely N-dealkylation sites (tertiary alicyclic amines) is 1. The van der Waals surface area contributed by atoms with E-state index in [1.165, 1.54) is 0 Å². The van der Waals surface area contributed by atoms with Crippen molar-refractivity contribution in [2.75, 3.05) is 19.9 Å². The first kappa shape index (κ1) is 17.1. The number of hydrogen-bond acceptors (Lipinski definition) is 4. The lowest BCUT2D eigenvalue weighted by molar-refractivity contribution is -0.130. The third kappa shape index (κ3) is 2.89. The maximum atomic E-state index is 13.0. The molecule has 0 saturated carbocycles. The Morgan fingerprint density at radius 2 is 2.00 bits per heavy atom. The lowest BCUT2D eigenvalue weighted by atomic mass is 9.91. The number of benzene rings is 1. The minimum atomic E-state index is -0.0978. The molecular weight excluding hydrogens is 354 g/mol. The van der Waals surface area contributed by atoms with Gasteiger partial charge in [-0.25, -0.2) is 4.98 Å². The number of nitrogens with zero attached hydrogens (tertiary/aromatic N) is 3. The third-order valence-electron chi connectivity index (χ3n) is 5.75. The highest BCUT2D eigenvalue weighted by Gasteiger charge is 2.27. The van der Waals surface area contributed by atoms with Gasteiger partial charge < -0.3 is 18.8 Å². The average molecular weight is 377 g/mol. The predicted octanol–water partition coefficient (Wildman–Crippen LogP) is 3.52.